The van der Waals surface area contributed by atoms with Crippen LogP contribution in [0.1, 0.15) is 36.5 Å². The van der Waals surface area contributed by atoms with Crippen molar-refractivity contribution in [3.8, 4) is 11.5 Å². The van der Waals surface area contributed by atoms with Crippen molar-refractivity contribution in [1.82, 2.24) is 0 Å². The van der Waals surface area contributed by atoms with Crippen LogP contribution in [0.2, 0.25) is 19.6 Å². The fourth-order valence-electron chi connectivity index (χ4n) is 3.14. The summed E-state index contributed by atoms with van der Waals surface area (Å²) >= 11 is 0. The van der Waals surface area contributed by atoms with Crippen molar-refractivity contribution in [2.24, 2.45) is 0 Å². The number of ether oxygens (including phenoxy) is 2. The molecule has 0 bridgehead atoms. The van der Waals surface area contributed by atoms with E-state index in [1.54, 1.807) is 0 Å². The van der Waals surface area contributed by atoms with E-state index in [9.17, 15) is 0 Å². The third-order valence-electron chi connectivity index (χ3n) is 4.29. The van der Waals surface area contributed by atoms with Crippen LogP contribution < -0.4 is 9.47 Å². The minimum atomic E-state index is -1.62. The van der Waals surface area contributed by atoms with E-state index in [0.29, 0.717) is 6.79 Å². The van der Waals surface area contributed by atoms with E-state index in [4.69, 9.17) is 13.9 Å². The maximum Gasteiger partial charge on any atom is 0.231 e. The van der Waals surface area contributed by atoms with E-state index in [1.165, 1.54) is 17.5 Å². The Kier molecular flexibility index (Phi) is 5.81. The van der Waals surface area contributed by atoms with Gasteiger partial charge < -0.3 is 13.9 Å². The molecule has 0 aliphatic carbocycles. The van der Waals surface area contributed by atoms with Gasteiger partial charge >= 0.3 is 0 Å². The lowest BCUT2D eigenvalue weighted by atomic mass is 10.0. The molecule has 1 heterocycles. The molecular weight excluding hydrogens is 328 g/mol. The Morgan fingerprint density at radius 2 is 1.72 bits per heavy atom. The molecule has 1 aliphatic rings. The van der Waals surface area contributed by atoms with Gasteiger partial charge in [-0.05, 0) is 62.2 Å². The lowest BCUT2D eigenvalue weighted by Gasteiger charge is -2.27. The molecule has 3 nitrogen and oxygen atoms in total. The van der Waals surface area contributed by atoms with Crippen molar-refractivity contribution >= 4 is 8.32 Å². The summed E-state index contributed by atoms with van der Waals surface area (Å²) in [5.74, 6) is 1.67. The van der Waals surface area contributed by atoms with Gasteiger partial charge in [0.25, 0.3) is 0 Å². The summed E-state index contributed by atoms with van der Waals surface area (Å²) in [6.07, 6.45) is 4.63. The topological polar surface area (TPSA) is 27.7 Å². The lowest BCUT2D eigenvalue weighted by Crippen LogP contribution is -2.28. The number of fused-ring (bicyclic) bond motifs is 1. The second kappa shape index (κ2) is 8.06. The molecule has 0 saturated carbocycles. The van der Waals surface area contributed by atoms with E-state index in [2.05, 4.69) is 62.1 Å². The van der Waals surface area contributed by atoms with Gasteiger partial charge in [-0.3, -0.25) is 0 Å². The van der Waals surface area contributed by atoms with Crippen LogP contribution in [-0.4, -0.2) is 15.1 Å². The van der Waals surface area contributed by atoms with Crippen LogP contribution in [-0.2, 0) is 10.8 Å². The first kappa shape index (κ1) is 18.0. The fourth-order valence-corrected chi connectivity index (χ4v) is 4.24. The molecule has 0 N–H and O–H groups in total. The number of hydrogen-bond donors (Lipinski definition) is 0. The molecule has 3 rings (SSSR count). The van der Waals surface area contributed by atoms with Gasteiger partial charge in [0.15, 0.2) is 19.8 Å². The molecule has 1 aliphatic heterocycles. The van der Waals surface area contributed by atoms with Gasteiger partial charge in [0.2, 0.25) is 6.79 Å². The van der Waals surface area contributed by atoms with Crippen molar-refractivity contribution in [3.63, 3.8) is 0 Å². The Labute approximate surface area is 152 Å². The van der Waals surface area contributed by atoms with Crippen molar-refractivity contribution in [2.45, 2.75) is 51.4 Å². The van der Waals surface area contributed by atoms with E-state index >= 15 is 0 Å². The molecule has 0 spiro atoms. The summed E-state index contributed by atoms with van der Waals surface area (Å²) < 4.78 is 17.4. The third-order valence-corrected chi connectivity index (χ3v) is 5.28. The predicted octanol–water partition coefficient (Wildman–Crippen LogP) is 5.72. The van der Waals surface area contributed by atoms with E-state index < -0.39 is 8.32 Å². The van der Waals surface area contributed by atoms with Crippen LogP contribution in [0.5, 0.6) is 11.5 Å². The molecule has 25 heavy (non-hydrogen) atoms. The molecule has 0 saturated heterocycles. The van der Waals surface area contributed by atoms with Gasteiger partial charge in [0.05, 0.1) is 6.10 Å². The Hall–Kier alpha value is -1.78. The van der Waals surface area contributed by atoms with Crippen LogP contribution in [0.15, 0.2) is 48.5 Å². The molecule has 2 aromatic carbocycles. The highest BCUT2D eigenvalue weighted by molar-refractivity contribution is 6.69. The van der Waals surface area contributed by atoms with Gasteiger partial charge in [0, 0.05) is 0 Å². The molecule has 0 unspecified atom stereocenters. The molecule has 0 aromatic heterocycles. The maximum absolute atomic E-state index is 6.48. The zero-order chi connectivity index (χ0) is 17.7. The smallest absolute Gasteiger partial charge is 0.231 e. The largest absolute Gasteiger partial charge is 0.454 e. The average Bonchev–Trinajstić information content (AvgIpc) is 3.05. The molecule has 0 radical (unpaired) electrons. The summed E-state index contributed by atoms with van der Waals surface area (Å²) in [6, 6.07) is 16.9. The van der Waals surface area contributed by atoms with Crippen LogP contribution in [0.4, 0.5) is 0 Å². The first-order valence-corrected chi connectivity index (χ1v) is 12.5. The number of benzene rings is 2. The highest BCUT2D eigenvalue weighted by Gasteiger charge is 2.24. The van der Waals surface area contributed by atoms with Gasteiger partial charge in [-0.15, -0.1) is 0 Å². The molecule has 0 amide bonds. The second-order valence-corrected chi connectivity index (χ2v) is 12.0. The van der Waals surface area contributed by atoms with E-state index in [-0.39, 0.29) is 6.10 Å². The Morgan fingerprint density at radius 1 is 0.960 bits per heavy atom. The van der Waals surface area contributed by atoms with Crippen LogP contribution in [0.3, 0.4) is 0 Å². The second-order valence-electron chi connectivity index (χ2n) is 7.56. The fraction of sp³-hybridized carbons (Fsp3) is 0.429. The first-order valence-electron chi connectivity index (χ1n) is 9.12. The number of unbranched alkanes of at least 4 members (excludes halogenated alkanes) is 1. The minimum Gasteiger partial charge on any atom is -0.454 e. The monoisotopic (exact) mass is 356 g/mol. The number of aryl methyl sites for hydroxylation is 1. The molecule has 1 atom stereocenters. The summed E-state index contributed by atoms with van der Waals surface area (Å²) in [5, 5.41) is 0. The number of rotatable bonds is 8. The number of hydrogen-bond acceptors (Lipinski definition) is 3. The predicted molar refractivity (Wildman–Crippen MR) is 104 cm³/mol. The molecule has 2 aromatic rings. The van der Waals surface area contributed by atoms with Gasteiger partial charge in [-0.2, -0.15) is 0 Å². The van der Waals surface area contributed by atoms with Crippen LogP contribution >= 0.6 is 0 Å². The SMILES string of the molecule is C[Si](C)(C)O[C@H](CCCCc1ccccc1)c1ccc2c(c1)OCO2. The first-order chi connectivity index (χ1) is 12.0. The molecule has 4 heteroatoms. The summed E-state index contributed by atoms with van der Waals surface area (Å²) in [7, 11) is -1.62. The maximum atomic E-state index is 6.48. The highest BCUT2D eigenvalue weighted by Crippen LogP contribution is 2.37. The molecule has 134 valence electrons. The van der Waals surface area contributed by atoms with E-state index in [1.807, 2.05) is 6.07 Å². The Morgan fingerprint density at radius 3 is 2.48 bits per heavy atom. The van der Waals surface area contributed by atoms with Crippen LogP contribution in [0.25, 0.3) is 0 Å². The van der Waals surface area contributed by atoms with Crippen molar-refractivity contribution in [2.75, 3.05) is 6.79 Å². The van der Waals surface area contributed by atoms with E-state index in [0.717, 1.165) is 30.8 Å². The Balaban J connectivity index is 1.61. The van der Waals surface area contributed by atoms with Crippen molar-refractivity contribution in [1.29, 1.82) is 0 Å². The minimum absolute atomic E-state index is 0.136. The highest BCUT2D eigenvalue weighted by atomic mass is 28.4. The standard InChI is InChI=1S/C21H28O3Si/c1-25(2,3)24-19(12-8-7-11-17-9-5-4-6-10-17)18-13-14-20-21(15-18)23-16-22-20/h4-6,9-10,13-15,19H,7-8,11-12,16H2,1-3H3/t19-/m1/s1. The zero-order valence-corrected chi connectivity index (χ0v) is 16.5. The summed E-state index contributed by atoms with van der Waals surface area (Å²) in [6.45, 7) is 7.06. The molecule has 0 fully saturated rings. The molecular formula is C21H28O3Si. The summed E-state index contributed by atoms with van der Waals surface area (Å²) in [5.41, 5.74) is 2.61. The lowest BCUT2D eigenvalue weighted by molar-refractivity contribution is 0.172. The van der Waals surface area contributed by atoms with Gasteiger partial charge in [-0.25, -0.2) is 0 Å². The van der Waals surface area contributed by atoms with Gasteiger partial charge in [-0.1, -0.05) is 42.8 Å². The van der Waals surface area contributed by atoms with Gasteiger partial charge in [0.1, 0.15) is 0 Å². The van der Waals surface area contributed by atoms with Crippen molar-refractivity contribution in [3.05, 3.63) is 59.7 Å². The average molecular weight is 357 g/mol. The van der Waals surface area contributed by atoms with Crippen LogP contribution in [0, 0.1) is 0 Å². The summed E-state index contributed by atoms with van der Waals surface area (Å²) in [4.78, 5) is 0. The quantitative estimate of drug-likeness (QED) is 0.447. The zero-order valence-electron chi connectivity index (χ0n) is 15.5. The third kappa shape index (κ3) is 5.35. The Bertz CT molecular complexity index is 679. The normalized spacial score (nSPS) is 14.5. The van der Waals surface area contributed by atoms with Crippen molar-refractivity contribution < 1.29 is 13.9 Å².